The summed E-state index contributed by atoms with van der Waals surface area (Å²) in [6, 6.07) is 21.9. The highest BCUT2D eigenvalue weighted by Crippen LogP contribution is 2.28. The molecule has 1 saturated carbocycles. The van der Waals surface area contributed by atoms with Crippen LogP contribution in [0.2, 0.25) is 0 Å². The van der Waals surface area contributed by atoms with E-state index in [1.165, 1.54) is 49.8 Å². The average molecular weight is 337 g/mol. The zero-order valence-electron chi connectivity index (χ0n) is 15.3. The molecule has 0 unspecified atom stereocenters. The second-order valence-electron chi connectivity index (χ2n) is 7.43. The van der Waals surface area contributed by atoms with E-state index in [4.69, 9.17) is 5.73 Å². The first-order valence-electron chi connectivity index (χ1n) is 9.89. The summed E-state index contributed by atoms with van der Waals surface area (Å²) in [6.45, 7) is 3.99. The third kappa shape index (κ3) is 5.42. The Kier molecular flexibility index (Phi) is 7.08. The molecular formula is C23H32N2. The van der Waals surface area contributed by atoms with Crippen molar-refractivity contribution in [2.45, 2.75) is 38.0 Å². The fourth-order valence-corrected chi connectivity index (χ4v) is 4.21. The van der Waals surface area contributed by atoms with Crippen LogP contribution in [-0.2, 0) is 0 Å². The Balaban J connectivity index is 1.76. The van der Waals surface area contributed by atoms with E-state index in [9.17, 15) is 0 Å². The van der Waals surface area contributed by atoms with Gasteiger partial charge in [-0.15, -0.1) is 0 Å². The molecule has 0 radical (unpaired) electrons. The molecule has 0 bridgehead atoms. The number of hydrogen-bond donors (Lipinski definition) is 1. The lowest BCUT2D eigenvalue weighted by Crippen LogP contribution is -2.37. The zero-order valence-corrected chi connectivity index (χ0v) is 15.3. The summed E-state index contributed by atoms with van der Waals surface area (Å²) >= 11 is 0. The van der Waals surface area contributed by atoms with Crippen molar-refractivity contribution in [1.29, 1.82) is 0 Å². The van der Waals surface area contributed by atoms with E-state index >= 15 is 0 Å². The molecule has 1 aliphatic rings. The summed E-state index contributed by atoms with van der Waals surface area (Å²) < 4.78 is 0. The van der Waals surface area contributed by atoms with Crippen LogP contribution >= 0.6 is 0 Å². The highest BCUT2D eigenvalue weighted by atomic mass is 15.1. The first-order valence-corrected chi connectivity index (χ1v) is 9.89. The lowest BCUT2D eigenvalue weighted by atomic mass is 9.87. The van der Waals surface area contributed by atoms with E-state index < -0.39 is 0 Å². The van der Waals surface area contributed by atoms with Crippen LogP contribution in [-0.4, -0.2) is 31.1 Å². The van der Waals surface area contributed by atoms with Gasteiger partial charge < -0.3 is 10.6 Å². The lowest BCUT2D eigenvalue weighted by molar-refractivity contribution is 0.200. The van der Waals surface area contributed by atoms with Gasteiger partial charge in [0.2, 0.25) is 0 Å². The van der Waals surface area contributed by atoms with Gasteiger partial charge in [0.15, 0.2) is 0 Å². The number of hydrogen-bond acceptors (Lipinski definition) is 2. The maximum Gasteiger partial charge on any atom is 0.0217 e. The molecule has 2 heteroatoms. The van der Waals surface area contributed by atoms with E-state index in [0.717, 1.165) is 25.6 Å². The van der Waals surface area contributed by atoms with Gasteiger partial charge in [0.1, 0.15) is 0 Å². The molecule has 0 amide bonds. The van der Waals surface area contributed by atoms with E-state index in [1.54, 1.807) is 0 Å². The summed E-state index contributed by atoms with van der Waals surface area (Å²) in [5.41, 5.74) is 8.75. The minimum atomic E-state index is 0.414. The van der Waals surface area contributed by atoms with Crippen LogP contribution in [0.15, 0.2) is 60.7 Å². The fraction of sp³-hybridized carbons (Fsp3) is 0.478. The third-order valence-electron chi connectivity index (χ3n) is 5.53. The fourth-order valence-electron chi connectivity index (χ4n) is 4.21. The second-order valence-corrected chi connectivity index (χ2v) is 7.43. The third-order valence-corrected chi connectivity index (χ3v) is 5.53. The topological polar surface area (TPSA) is 29.3 Å². The number of nitrogens with zero attached hydrogens (tertiary/aromatic N) is 1. The van der Waals surface area contributed by atoms with Crippen LogP contribution in [0.3, 0.4) is 0 Å². The van der Waals surface area contributed by atoms with Crippen molar-refractivity contribution >= 4 is 0 Å². The summed E-state index contributed by atoms with van der Waals surface area (Å²) in [5.74, 6) is 1.27. The molecule has 0 atom stereocenters. The van der Waals surface area contributed by atoms with Gasteiger partial charge in [-0.3, -0.25) is 0 Å². The van der Waals surface area contributed by atoms with Crippen molar-refractivity contribution in [1.82, 2.24) is 4.90 Å². The summed E-state index contributed by atoms with van der Waals surface area (Å²) in [5, 5.41) is 0. The number of rotatable bonds is 8. The van der Waals surface area contributed by atoms with E-state index in [0.29, 0.717) is 5.92 Å². The van der Waals surface area contributed by atoms with Gasteiger partial charge in [0.25, 0.3) is 0 Å². The molecule has 2 aromatic rings. The maximum atomic E-state index is 5.95. The predicted octanol–water partition coefficient (Wildman–Crippen LogP) is 4.66. The van der Waals surface area contributed by atoms with Gasteiger partial charge in [-0.05, 0) is 29.9 Å². The Bertz CT molecular complexity index is 551. The number of benzene rings is 2. The Morgan fingerprint density at radius 1 is 0.840 bits per heavy atom. The molecule has 1 fully saturated rings. The molecule has 3 rings (SSSR count). The Hall–Kier alpha value is -1.64. The quantitative estimate of drug-likeness (QED) is 0.759. The molecule has 134 valence electrons. The maximum absolute atomic E-state index is 5.95. The zero-order chi connectivity index (χ0) is 17.3. The average Bonchev–Trinajstić information content (AvgIpc) is 2.68. The summed E-state index contributed by atoms with van der Waals surface area (Å²) in [4.78, 5) is 2.61. The van der Waals surface area contributed by atoms with Crippen molar-refractivity contribution in [3.63, 3.8) is 0 Å². The Labute approximate surface area is 153 Å². The molecule has 2 nitrogen and oxygen atoms in total. The second kappa shape index (κ2) is 9.74. The van der Waals surface area contributed by atoms with Gasteiger partial charge in [0, 0.05) is 32.1 Å². The Morgan fingerprint density at radius 3 is 1.92 bits per heavy atom. The first kappa shape index (κ1) is 18.2. The van der Waals surface area contributed by atoms with Crippen LogP contribution in [0, 0.1) is 5.92 Å². The van der Waals surface area contributed by atoms with Crippen molar-refractivity contribution in [3.05, 3.63) is 71.8 Å². The summed E-state index contributed by atoms with van der Waals surface area (Å²) in [7, 11) is 0. The Morgan fingerprint density at radius 2 is 1.40 bits per heavy atom. The molecule has 0 heterocycles. The minimum Gasteiger partial charge on any atom is -0.329 e. The molecule has 0 aromatic heterocycles. The SMILES string of the molecule is NCCN(CC1CCCCC1)CC(c1ccccc1)c1ccccc1. The molecule has 0 aliphatic heterocycles. The smallest absolute Gasteiger partial charge is 0.0217 e. The van der Waals surface area contributed by atoms with E-state index in [-0.39, 0.29) is 0 Å². The van der Waals surface area contributed by atoms with Gasteiger partial charge in [-0.1, -0.05) is 79.9 Å². The highest BCUT2D eigenvalue weighted by molar-refractivity contribution is 5.32. The normalized spacial score (nSPS) is 15.8. The van der Waals surface area contributed by atoms with Gasteiger partial charge >= 0.3 is 0 Å². The van der Waals surface area contributed by atoms with Crippen molar-refractivity contribution in [2.24, 2.45) is 11.7 Å². The van der Waals surface area contributed by atoms with Gasteiger partial charge in [0.05, 0.1) is 0 Å². The molecule has 25 heavy (non-hydrogen) atoms. The van der Waals surface area contributed by atoms with Crippen LogP contribution < -0.4 is 5.73 Å². The highest BCUT2D eigenvalue weighted by Gasteiger charge is 2.21. The van der Waals surface area contributed by atoms with E-state index in [1.807, 2.05) is 0 Å². The van der Waals surface area contributed by atoms with Gasteiger partial charge in [-0.25, -0.2) is 0 Å². The molecular weight excluding hydrogens is 304 g/mol. The van der Waals surface area contributed by atoms with Crippen LogP contribution in [0.5, 0.6) is 0 Å². The molecule has 0 saturated heterocycles. The molecule has 2 aromatic carbocycles. The molecule has 0 spiro atoms. The largest absolute Gasteiger partial charge is 0.329 e. The monoisotopic (exact) mass is 336 g/mol. The first-order chi connectivity index (χ1) is 12.4. The summed E-state index contributed by atoms with van der Waals surface area (Å²) in [6.07, 6.45) is 7.01. The van der Waals surface area contributed by atoms with Crippen LogP contribution in [0.4, 0.5) is 0 Å². The van der Waals surface area contributed by atoms with Crippen molar-refractivity contribution in [2.75, 3.05) is 26.2 Å². The molecule has 2 N–H and O–H groups in total. The lowest BCUT2D eigenvalue weighted by Gasteiger charge is -2.32. The van der Waals surface area contributed by atoms with Crippen LogP contribution in [0.25, 0.3) is 0 Å². The van der Waals surface area contributed by atoms with Crippen molar-refractivity contribution in [3.8, 4) is 0 Å². The van der Waals surface area contributed by atoms with Gasteiger partial charge in [-0.2, -0.15) is 0 Å². The standard InChI is InChI=1S/C23H32N2/c24-16-17-25(18-20-10-4-1-5-11-20)19-23(21-12-6-2-7-13-21)22-14-8-3-9-15-22/h2-3,6-9,12-15,20,23H,1,4-5,10-11,16-19,24H2. The van der Waals surface area contributed by atoms with Crippen LogP contribution in [0.1, 0.15) is 49.1 Å². The van der Waals surface area contributed by atoms with Crippen molar-refractivity contribution < 1.29 is 0 Å². The molecule has 1 aliphatic carbocycles. The van der Waals surface area contributed by atoms with E-state index in [2.05, 4.69) is 65.6 Å². The predicted molar refractivity (Wildman–Crippen MR) is 107 cm³/mol. The minimum absolute atomic E-state index is 0.414. The number of nitrogens with two attached hydrogens (primary N) is 1.